The van der Waals surface area contributed by atoms with Gasteiger partial charge in [-0.15, -0.1) is 0 Å². The molecule has 4 nitrogen and oxygen atoms in total. The topological polar surface area (TPSA) is 44.4 Å². The van der Waals surface area contributed by atoms with Crippen LogP contribution in [0.2, 0.25) is 0 Å². The zero-order valence-corrected chi connectivity index (χ0v) is 12.3. The lowest BCUT2D eigenvalue weighted by Gasteiger charge is -2.32. The van der Waals surface area contributed by atoms with Crippen LogP contribution in [0.15, 0.2) is 0 Å². The first-order valence-corrected chi connectivity index (χ1v) is 7.28. The van der Waals surface area contributed by atoms with Gasteiger partial charge < -0.3 is 10.6 Å². The molecule has 1 saturated heterocycles. The van der Waals surface area contributed by atoms with Crippen LogP contribution in [0.4, 0.5) is 0 Å². The second-order valence-corrected chi connectivity index (χ2v) is 5.71. The molecule has 1 unspecified atom stereocenters. The number of carbonyl (C=O) groups is 1. The van der Waals surface area contributed by atoms with E-state index in [9.17, 15) is 4.79 Å². The van der Waals surface area contributed by atoms with E-state index in [2.05, 4.69) is 43.2 Å². The summed E-state index contributed by atoms with van der Waals surface area (Å²) in [4.78, 5) is 14.1. The molecule has 0 bridgehead atoms. The Morgan fingerprint density at radius 2 is 1.89 bits per heavy atom. The Labute approximate surface area is 111 Å². The lowest BCUT2D eigenvalue weighted by molar-refractivity contribution is -0.123. The summed E-state index contributed by atoms with van der Waals surface area (Å²) in [5, 5.41) is 6.55. The fourth-order valence-corrected chi connectivity index (χ4v) is 2.25. The van der Waals surface area contributed by atoms with Crippen LogP contribution in [0, 0.1) is 5.92 Å². The lowest BCUT2D eigenvalue weighted by Crippen LogP contribution is -2.47. The molecule has 18 heavy (non-hydrogen) atoms. The number of rotatable bonds is 6. The minimum Gasteiger partial charge on any atom is -0.352 e. The molecular weight excluding hydrogens is 226 g/mol. The van der Waals surface area contributed by atoms with E-state index in [1.165, 1.54) is 0 Å². The van der Waals surface area contributed by atoms with Gasteiger partial charge in [-0.25, -0.2) is 0 Å². The third-order valence-corrected chi connectivity index (χ3v) is 3.84. The summed E-state index contributed by atoms with van der Waals surface area (Å²) in [5.41, 5.74) is 0. The Bertz CT molecular complexity index is 247. The van der Waals surface area contributed by atoms with Crippen molar-refractivity contribution in [2.75, 3.05) is 26.2 Å². The molecule has 0 aromatic carbocycles. The van der Waals surface area contributed by atoms with Gasteiger partial charge in [-0.1, -0.05) is 20.8 Å². The molecule has 1 atom stereocenters. The molecule has 0 aliphatic carbocycles. The van der Waals surface area contributed by atoms with Crippen LogP contribution in [0.1, 0.15) is 40.5 Å². The highest BCUT2D eigenvalue weighted by atomic mass is 16.2. The summed E-state index contributed by atoms with van der Waals surface area (Å²) in [6, 6.07) is 0.903. The average molecular weight is 255 g/mol. The van der Waals surface area contributed by atoms with Crippen LogP contribution < -0.4 is 10.6 Å². The number of likely N-dealkylation sites (tertiary alicyclic amines) is 1. The summed E-state index contributed by atoms with van der Waals surface area (Å²) in [5.74, 6) is 0.659. The smallest absolute Gasteiger partial charge is 0.234 e. The van der Waals surface area contributed by atoms with Gasteiger partial charge in [-0.2, -0.15) is 0 Å². The minimum absolute atomic E-state index is 0.165. The number of carbonyl (C=O) groups excluding carboxylic acids is 1. The summed E-state index contributed by atoms with van der Waals surface area (Å²) >= 11 is 0. The Kier molecular flexibility index (Phi) is 6.65. The van der Waals surface area contributed by atoms with Crippen LogP contribution in [0.25, 0.3) is 0 Å². The predicted octanol–water partition coefficient (Wildman–Crippen LogP) is 1.22. The molecule has 106 valence electrons. The number of piperidine rings is 1. The monoisotopic (exact) mass is 255 g/mol. The molecule has 0 spiro atoms. The standard InChI is InChI=1S/C14H29N3O/c1-5-15-13-6-8-17(9-7-13)10-14(18)16-12(4)11(2)3/h11-13,15H,5-10H2,1-4H3,(H,16,18). The van der Waals surface area contributed by atoms with Crippen molar-refractivity contribution in [1.82, 2.24) is 15.5 Å². The SMILES string of the molecule is CCNC1CCN(CC(=O)NC(C)C(C)C)CC1. The van der Waals surface area contributed by atoms with Crippen LogP contribution in [-0.2, 0) is 4.79 Å². The molecule has 1 heterocycles. The quantitative estimate of drug-likeness (QED) is 0.750. The van der Waals surface area contributed by atoms with Crippen molar-refractivity contribution in [2.45, 2.75) is 52.6 Å². The van der Waals surface area contributed by atoms with Gasteiger partial charge in [0.05, 0.1) is 6.54 Å². The molecule has 1 rings (SSSR count). The Morgan fingerprint density at radius 1 is 1.28 bits per heavy atom. The lowest BCUT2D eigenvalue weighted by atomic mass is 10.0. The molecule has 0 radical (unpaired) electrons. The van der Waals surface area contributed by atoms with Crippen molar-refractivity contribution in [1.29, 1.82) is 0 Å². The highest BCUT2D eigenvalue weighted by Crippen LogP contribution is 2.09. The van der Waals surface area contributed by atoms with E-state index in [0.717, 1.165) is 32.5 Å². The Morgan fingerprint density at radius 3 is 2.39 bits per heavy atom. The molecular formula is C14H29N3O. The number of amides is 1. The van der Waals surface area contributed by atoms with Crippen LogP contribution in [0.5, 0.6) is 0 Å². The summed E-state index contributed by atoms with van der Waals surface area (Å²) in [6.45, 7) is 12.1. The third kappa shape index (κ3) is 5.36. The van der Waals surface area contributed by atoms with E-state index < -0.39 is 0 Å². The molecule has 1 amide bonds. The molecule has 1 aliphatic heterocycles. The van der Waals surface area contributed by atoms with Crippen molar-refractivity contribution < 1.29 is 4.79 Å². The third-order valence-electron chi connectivity index (χ3n) is 3.84. The first-order chi connectivity index (χ1) is 8.52. The van der Waals surface area contributed by atoms with Gasteiger partial charge in [0, 0.05) is 25.2 Å². The van der Waals surface area contributed by atoms with E-state index in [1.807, 2.05) is 0 Å². The highest BCUT2D eigenvalue weighted by molar-refractivity contribution is 5.78. The largest absolute Gasteiger partial charge is 0.352 e. The first kappa shape index (κ1) is 15.4. The predicted molar refractivity (Wildman–Crippen MR) is 75.6 cm³/mol. The zero-order valence-electron chi connectivity index (χ0n) is 12.3. The number of hydrogen-bond donors (Lipinski definition) is 2. The Hall–Kier alpha value is -0.610. The van der Waals surface area contributed by atoms with Crippen LogP contribution in [0.3, 0.4) is 0 Å². The maximum atomic E-state index is 11.9. The maximum Gasteiger partial charge on any atom is 0.234 e. The van der Waals surface area contributed by atoms with Crippen molar-refractivity contribution in [3.63, 3.8) is 0 Å². The zero-order chi connectivity index (χ0) is 13.5. The van der Waals surface area contributed by atoms with E-state index in [1.54, 1.807) is 0 Å². The van der Waals surface area contributed by atoms with Crippen molar-refractivity contribution in [3.05, 3.63) is 0 Å². The van der Waals surface area contributed by atoms with E-state index in [-0.39, 0.29) is 11.9 Å². The van der Waals surface area contributed by atoms with Gasteiger partial charge in [0.1, 0.15) is 0 Å². The van der Waals surface area contributed by atoms with Gasteiger partial charge in [0.15, 0.2) is 0 Å². The second kappa shape index (κ2) is 7.74. The van der Waals surface area contributed by atoms with E-state index in [4.69, 9.17) is 0 Å². The fourth-order valence-electron chi connectivity index (χ4n) is 2.25. The molecule has 1 aliphatic rings. The minimum atomic E-state index is 0.165. The molecule has 1 fully saturated rings. The number of nitrogens with zero attached hydrogens (tertiary/aromatic N) is 1. The fraction of sp³-hybridized carbons (Fsp3) is 0.929. The summed E-state index contributed by atoms with van der Waals surface area (Å²) < 4.78 is 0. The normalized spacial score (nSPS) is 20.1. The molecule has 2 N–H and O–H groups in total. The van der Waals surface area contributed by atoms with Gasteiger partial charge >= 0.3 is 0 Å². The Balaban J connectivity index is 2.22. The number of nitrogens with one attached hydrogen (secondary N) is 2. The second-order valence-electron chi connectivity index (χ2n) is 5.71. The van der Waals surface area contributed by atoms with Crippen molar-refractivity contribution in [3.8, 4) is 0 Å². The summed E-state index contributed by atoms with van der Waals surface area (Å²) in [6.07, 6.45) is 2.31. The van der Waals surface area contributed by atoms with Gasteiger partial charge in [0.2, 0.25) is 5.91 Å². The van der Waals surface area contributed by atoms with Crippen LogP contribution in [-0.4, -0.2) is 49.1 Å². The highest BCUT2D eigenvalue weighted by Gasteiger charge is 2.20. The first-order valence-electron chi connectivity index (χ1n) is 7.28. The van der Waals surface area contributed by atoms with Crippen molar-refractivity contribution in [2.24, 2.45) is 5.92 Å². The summed E-state index contributed by atoms with van der Waals surface area (Å²) in [7, 11) is 0. The van der Waals surface area contributed by atoms with Gasteiger partial charge in [-0.05, 0) is 32.2 Å². The number of hydrogen-bond acceptors (Lipinski definition) is 3. The van der Waals surface area contributed by atoms with Crippen molar-refractivity contribution >= 4 is 5.91 Å². The van der Waals surface area contributed by atoms with E-state index >= 15 is 0 Å². The average Bonchev–Trinajstić information content (AvgIpc) is 2.31. The molecule has 4 heteroatoms. The van der Waals surface area contributed by atoms with Crippen LogP contribution >= 0.6 is 0 Å². The molecule has 0 aromatic heterocycles. The molecule has 0 saturated carbocycles. The van der Waals surface area contributed by atoms with Gasteiger partial charge in [-0.3, -0.25) is 9.69 Å². The maximum absolute atomic E-state index is 11.9. The molecule has 0 aromatic rings. The van der Waals surface area contributed by atoms with Gasteiger partial charge in [0.25, 0.3) is 0 Å². The van der Waals surface area contributed by atoms with E-state index in [0.29, 0.717) is 18.5 Å².